The third kappa shape index (κ3) is 4.18. The van der Waals surface area contributed by atoms with Gasteiger partial charge in [0.2, 0.25) is 0 Å². The molecule has 1 unspecified atom stereocenters. The minimum absolute atomic E-state index is 0.000403. The van der Waals surface area contributed by atoms with Crippen molar-refractivity contribution in [2.45, 2.75) is 26.9 Å². The first kappa shape index (κ1) is 17.2. The lowest BCUT2D eigenvalue weighted by molar-refractivity contribution is -0.136. The number of nitrogens with one attached hydrogen (secondary N) is 2. The first-order chi connectivity index (χ1) is 10.9. The molecule has 0 aliphatic carbocycles. The van der Waals surface area contributed by atoms with E-state index in [4.69, 9.17) is 0 Å². The molecule has 1 aromatic carbocycles. The third-order valence-electron chi connectivity index (χ3n) is 3.72. The zero-order chi connectivity index (χ0) is 17.0. The normalized spacial score (nSPS) is 11.8. The summed E-state index contributed by atoms with van der Waals surface area (Å²) >= 11 is 1.42. The maximum absolute atomic E-state index is 11.9. The van der Waals surface area contributed by atoms with Gasteiger partial charge >= 0.3 is 11.8 Å². The van der Waals surface area contributed by atoms with Crippen molar-refractivity contribution in [3.8, 4) is 0 Å². The largest absolute Gasteiger partial charge is 0.386 e. The number of anilines is 1. The molecular formula is C17H20N2O3S. The van der Waals surface area contributed by atoms with E-state index in [1.165, 1.54) is 11.3 Å². The van der Waals surface area contributed by atoms with E-state index < -0.39 is 17.9 Å². The van der Waals surface area contributed by atoms with Crippen molar-refractivity contribution in [1.29, 1.82) is 0 Å². The van der Waals surface area contributed by atoms with Crippen molar-refractivity contribution >= 4 is 28.8 Å². The second-order valence-electron chi connectivity index (χ2n) is 5.40. The summed E-state index contributed by atoms with van der Waals surface area (Å²) in [5.41, 5.74) is 3.53. The van der Waals surface area contributed by atoms with Crippen molar-refractivity contribution in [3.63, 3.8) is 0 Å². The molecule has 3 N–H and O–H groups in total. The molecule has 0 fully saturated rings. The smallest absolute Gasteiger partial charge is 0.313 e. The average molecular weight is 332 g/mol. The van der Waals surface area contributed by atoms with Gasteiger partial charge in [-0.15, -0.1) is 11.3 Å². The van der Waals surface area contributed by atoms with E-state index in [1.54, 1.807) is 6.07 Å². The summed E-state index contributed by atoms with van der Waals surface area (Å²) in [6.45, 7) is 5.71. The molecule has 0 aliphatic heterocycles. The number of hydrogen-bond donors (Lipinski definition) is 3. The number of carbonyl (C=O) groups is 2. The van der Waals surface area contributed by atoms with Crippen molar-refractivity contribution in [2.24, 2.45) is 0 Å². The van der Waals surface area contributed by atoms with E-state index in [9.17, 15) is 14.7 Å². The number of amides is 2. The number of carbonyl (C=O) groups excluding carboxylic acids is 2. The lowest BCUT2D eigenvalue weighted by atomic mass is 10.1. The third-order valence-corrected chi connectivity index (χ3v) is 4.84. The molecule has 122 valence electrons. The number of benzene rings is 1. The van der Waals surface area contributed by atoms with Gasteiger partial charge in [0, 0.05) is 17.1 Å². The van der Waals surface area contributed by atoms with E-state index >= 15 is 0 Å². The standard InChI is InChI=1S/C17H20N2O3S/c1-10-5-4-6-13(12(10)3)19-17(22)16(21)18-9-14(20)15-11(2)7-8-23-15/h4-8,14,20H,9H2,1-3H3,(H,18,21)(H,19,22). The van der Waals surface area contributed by atoms with Crippen LogP contribution in [0.15, 0.2) is 29.6 Å². The highest BCUT2D eigenvalue weighted by molar-refractivity contribution is 7.10. The van der Waals surface area contributed by atoms with Gasteiger partial charge in [0.1, 0.15) is 6.10 Å². The van der Waals surface area contributed by atoms with Crippen LogP contribution >= 0.6 is 11.3 Å². The van der Waals surface area contributed by atoms with Gasteiger partial charge in [-0.3, -0.25) is 9.59 Å². The Kier molecular flexibility index (Phi) is 5.52. The van der Waals surface area contributed by atoms with Crippen LogP contribution in [-0.4, -0.2) is 23.5 Å². The number of aliphatic hydroxyl groups excluding tert-OH is 1. The second kappa shape index (κ2) is 7.39. The van der Waals surface area contributed by atoms with Crippen molar-refractivity contribution in [3.05, 3.63) is 51.2 Å². The molecule has 1 heterocycles. The predicted molar refractivity (Wildman–Crippen MR) is 91.6 cm³/mol. The molecule has 6 heteroatoms. The van der Waals surface area contributed by atoms with Crippen molar-refractivity contribution < 1.29 is 14.7 Å². The number of aryl methyl sites for hydroxylation is 2. The Hall–Kier alpha value is -2.18. The van der Waals surface area contributed by atoms with Gasteiger partial charge in [0.25, 0.3) is 0 Å². The van der Waals surface area contributed by atoms with Crippen molar-refractivity contribution in [1.82, 2.24) is 5.32 Å². The summed E-state index contributed by atoms with van der Waals surface area (Å²) in [5, 5.41) is 17.0. The molecule has 5 nitrogen and oxygen atoms in total. The summed E-state index contributed by atoms with van der Waals surface area (Å²) in [6.07, 6.45) is -0.813. The Labute approximate surface area is 139 Å². The number of aliphatic hydroxyl groups is 1. The Balaban J connectivity index is 1.92. The van der Waals surface area contributed by atoms with Crippen LogP contribution in [0.3, 0.4) is 0 Å². The van der Waals surface area contributed by atoms with E-state index in [0.717, 1.165) is 21.6 Å². The van der Waals surface area contributed by atoms with Crippen LogP contribution in [0.2, 0.25) is 0 Å². The van der Waals surface area contributed by atoms with Gasteiger partial charge in [0.05, 0.1) is 0 Å². The average Bonchev–Trinajstić information content (AvgIpc) is 2.95. The lowest BCUT2D eigenvalue weighted by Gasteiger charge is -2.13. The fourth-order valence-electron chi connectivity index (χ4n) is 2.15. The maximum atomic E-state index is 11.9. The zero-order valence-corrected chi connectivity index (χ0v) is 14.2. The van der Waals surface area contributed by atoms with Gasteiger partial charge < -0.3 is 15.7 Å². The highest BCUT2D eigenvalue weighted by Gasteiger charge is 2.18. The number of rotatable bonds is 4. The topological polar surface area (TPSA) is 78.4 Å². The monoisotopic (exact) mass is 332 g/mol. The van der Waals surface area contributed by atoms with Crippen LogP contribution in [0.5, 0.6) is 0 Å². The molecule has 23 heavy (non-hydrogen) atoms. The number of thiophene rings is 1. The Morgan fingerprint density at radius 2 is 1.87 bits per heavy atom. The van der Waals surface area contributed by atoms with Crippen LogP contribution in [0.1, 0.15) is 27.7 Å². The van der Waals surface area contributed by atoms with Crippen LogP contribution in [0.4, 0.5) is 5.69 Å². The summed E-state index contributed by atoms with van der Waals surface area (Å²) in [6, 6.07) is 7.40. The molecule has 1 aromatic heterocycles. The minimum atomic E-state index is -0.813. The molecule has 1 atom stereocenters. The van der Waals surface area contributed by atoms with Gasteiger partial charge in [0.15, 0.2) is 0 Å². The fourth-order valence-corrected chi connectivity index (χ4v) is 3.07. The molecular weight excluding hydrogens is 312 g/mol. The molecule has 2 rings (SSSR count). The fraction of sp³-hybridized carbons (Fsp3) is 0.294. The summed E-state index contributed by atoms with van der Waals surface area (Å²) in [7, 11) is 0. The molecule has 0 aliphatic rings. The minimum Gasteiger partial charge on any atom is -0.386 e. The highest BCUT2D eigenvalue weighted by Crippen LogP contribution is 2.23. The van der Waals surface area contributed by atoms with Crippen molar-refractivity contribution in [2.75, 3.05) is 11.9 Å². The van der Waals surface area contributed by atoms with Crippen LogP contribution < -0.4 is 10.6 Å². The van der Waals surface area contributed by atoms with Gasteiger partial charge in [-0.2, -0.15) is 0 Å². The Bertz CT molecular complexity index is 724. The van der Waals surface area contributed by atoms with E-state index in [-0.39, 0.29) is 6.54 Å². The zero-order valence-electron chi connectivity index (χ0n) is 13.3. The Morgan fingerprint density at radius 1 is 1.13 bits per heavy atom. The summed E-state index contributed by atoms with van der Waals surface area (Å²) in [4.78, 5) is 24.6. The molecule has 2 aromatic rings. The van der Waals surface area contributed by atoms with Crippen LogP contribution in [0, 0.1) is 20.8 Å². The quantitative estimate of drug-likeness (QED) is 0.753. The van der Waals surface area contributed by atoms with E-state index in [2.05, 4.69) is 10.6 Å². The molecule has 0 spiro atoms. The maximum Gasteiger partial charge on any atom is 0.313 e. The lowest BCUT2D eigenvalue weighted by Crippen LogP contribution is -2.37. The van der Waals surface area contributed by atoms with E-state index in [0.29, 0.717) is 5.69 Å². The van der Waals surface area contributed by atoms with Gasteiger partial charge in [-0.1, -0.05) is 12.1 Å². The van der Waals surface area contributed by atoms with Gasteiger partial charge in [-0.25, -0.2) is 0 Å². The molecule has 0 saturated carbocycles. The Morgan fingerprint density at radius 3 is 2.52 bits per heavy atom. The number of hydrogen-bond acceptors (Lipinski definition) is 4. The highest BCUT2D eigenvalue weighted by atomic mass is 32.1. The van der Waals surface area contributed by atoms with Crippen LogP contribution in [0.25, 0.3) is 0 Å². The first-order valence-electron chi connectivity index (χ1n) is 7.27. The summed E-state index contributed by atoms with van der Waals surface area (Å²) in [5.74, 6) is -1.51. The SMILES string of the molecule is Cc1ccsc1C(O)CNC(=O)C(=O)Nc1cccc(C)c1C. The molecule has 0 saturated heterocycles. The van der Waals surface area contributed by atoms with Gasteiger partial charge in [-0.05, 0) is 55.0 Å². The molecule has 0 bridgehead atoms. The molecule has 2 amide bonds. The van der Waals surface area contributed by atoms with Crippen LogP contribution in [-0.2, 0) is 9.59 Å². The predicted octanol–water partition coefficient (Wildman–Crippen LogP) is 2.46. The summed E-state index contributed by atoms with van der Waals surface area (Å²) < 4.78 is 0. The first-order valence-corrected chi connectivity index (χ1v) is 8.15. The van der Waals surface area contributed by atoms with E-state index in [1.807, 2.05) is 44.4 Å². The molecule has 0 radical (unpaired) electrons. The second-order valence-corrected chi connectivity index (χ2v) is 6.34.